The Labute approximate surface area is 116 Å². The predicted octanol–water partition coefficient (Wildman–Crippen LogP) is 2.74. The van der Waals surface area contributed by atoms with E-state index in [9.17, 15) is 0 Å². The first-order valence-corrected chi connectivity index (χ1v) is 6.76. The van der Waals surface area contributed by atoms with Crippen molar-refractivity contribution >= 4 is 0 Å². The van der Waals surface area contributed by atoms with Gasteiger partial charge in [-0.2, -0.15) is 10.2 Å². The molecule has 6 heteroatoms. The van der Waals surface area contributed by atoms with Gasteiger partial charge in [0.2, 0.25) is 5.82 Å². The molecule has 0 aliphatic heterocycles. The van der Waals surface area contributed by atoms with E-state index in [-0.39, 0.29) is 0 Å². The van der Waals surface area contributed by atoms with Crippen LogP contribution < -0.4 is 0 Å². The van der Waals surface area contributed by atoms with Gasteiger partial charge in [-0.3, -0.25) is 0 Å². The topological polar surface area (TPSA) is 87.7 Å². The molecule has 3 rings (SSSR count). The Bertz CT molecular complexity index is 632. The summed E-state index contributed by atoms with van der Waals surface area (Å²) in [6, 6.07) is 3.75. The van der Waals surface area contributed by atoms with E-state index in [4.69, 9.17) is 14.5 Å². The zero-order valence-corrected chi connectivity index (χ0v) is 11.3. The molecule has 0 spiro atoms. The lowest BCUT2D eigenvalue weighted by molar-refractivity contribution is -0.0527. The van der Waals surface area contributed by atoms with Crippen molar-refractivity contribution in [3.05, 3.63) is 23.7 Å². The Hall–Kier alpha value is -2.13. The van der Waals surface area contributed by atoms with Crippen molar-refractivity contribution in [2.45, 2.75) is 37.7 Å². The number of nitrogens with one attached hydrogen (secondary N) is 1. The Morgan fingerprint density at radius 3 is 2.85 bits per heavy atom. The minimum absolute atomic E-state index is 0.392. The predicted molar refractivity (Wildman–Crippen MR) is 70.6 cm³/mol. The molecule has 1 aliphatic carbocycles. The number of hydrogen-bond acceptors (Lipinski definition) is 5. The van der Waals surface area contributed by atoms with Gasteiger partial charge in [0.05, 0.1) is 5.56 Å². The molecule has 1 N–H and O–H groups in total. The Kier molecular flexibility index (Phi) is 3.28. The molecule has 2 heterocycles. The zero-order chi connectivity index (χ0) is 14.0. The van der Waals surface area contributed by atoms with Gasteiger partial charge in [-0.1, -0.05) is 24.4 Å². The lowest BCUT2D eigenvalue weighted by Crippen LogP contribution is -2.32. The van der Waals surface area contributed by atoms with E-state index in [0.29, 0.717) is 23.0 Å². The van der Waals surface area contributed by atoms with Gasteiger partial charge in [-0.05, 0) is 18.9 Å². The third kappa shape index (κ3) is 2.10. The second kappa shape index (κ2) is 5.10. The lowest BCUT2D eigenvalue weighted by atomic mass is 9.84. The molecular formula is C14H16N4O2. The molecule has 0 bridgehead atoms. The summed E-state index contributed by atoms with van der Waals surface area (Å²) in [4.78, 5) is 7.41. The van der Waals surface area contributed by atoms with Gasteiger partial charge in [0.25, 0.3) is 5.89 Å². The van der Waals surface area contributed by atoms with Gasteiger partial charge >= 0.3 is 0 Å². The summed E-state index contributed by atoms with van der Waals surface area (Å²) >= 11 is 0. The van der Waals surface area contributed by atoms with E-state index < -0.39 is 5.60 Å². The first kappa shape index (κ1) is 12.9. The zero-order valence-electron chi connectivity index (χ0n) is 11.3. The van der Waals surface area contributed by atoms with Gasteiger partial charge in [-0.25, -0.2) is 0 Å². The second-order valence-electron chi connectivity index (χ2n) is 5.10. The highest BCUT2D eigenvalue weighted by atomic mass is 16.5. The highest BCUT2D eigenvalue weighted by Gasteiger charge is 2.38. The molecule has 2 aromatic heterocycles. The normalized spacial score (nSPS) is 17.8. The van der Waals surface area contributed by atoms with Crippen LogP contribution in [0.1, 0.15) is 43.5 Å². The Balaban J connectivity index is 1.91. The number of ether oxygens (including phenoxy) is 1. The summed E-state index contributed by atoms with van der Waals surface area (Å²) in [6.07, 6.45) is 6.88. The average molecular weight is 272 g/mol. The highest BCUT2D eigenvalue weighted by molar-refractivity contribution is 5.51. The summed E-state index contributed by atoms with van der Waals surface area (Å²) in [5, 5.41) is 12.9. The molecule has 0 radical (unpaired) electrons. The van der Waals surface area contributed by atoms with Crippen molar-refractivity contribution in [3.63, 3.8) is 0 Å². The van der Waals surface area contributed by atoms with Gasteiger partial charge in [0, 0.05) is 13.3 Å². The number of methoxy groups -OCH3 is 1. The fraction of sp³-hybridized carbons (Fsp3) is 0.500. The maximum atomic E-state index is 8.83. The van der Waals surface area contributed by atoms with Crippen molar-refractivity contribution in [1.29, 1.82) is 5.26 Å². The van der Waals surface area contributed by atoms with Crippen molar-refractivity contribution in [1.82, 2.24) is 15.1 Å². The van der Waals surface area contributed by atoms with Crippen LogP contribution in [0.15, 0.2) is 16.8 Å². The van der Waals surface area contributed by atoms with Gasteiger partial charge < -0.3 is 14.2 Å². The number of rotatable bonds is 3. The monoisotopic (exact) mass is 272 g/mol. The first-order chi connectivity index (χ1) is 9.77. The maximum absolute atomic E-state index is 8.83. The molecule has 2 aromatic rings. The summed E-state index contributed by atoms with van der Waals surface area (Å²) in [7, 11) is 1.70. The van der Waals surface area contributed by atoms with Gasteiger partial charge in [0.1, 0.15) is 17.4 Å². The van der Waals surface area contributed by atoms with Crippen LogP contribution in [0.25, 0.3) is 11.6 Å². The standard InChI is InChI=1S/C14H16N4O2/c1-19-14(5-3-2-4-6-14)13-17-12(20-18-13)11-7-10(8-15)9-16-11/h7,9,16H,2-6H2,1H3. The van der Waals surface area contributed by atoms with Crippen molar-refractivity contribution < 1.29 is 9.26 Å². The minimum atomic E-state index is -0.426. The van der Waals surface area contributed by atoms with Crippen LogP contribution >= 0.6 is 0 Å². The van der Waals surface area contributed by atoms with Crippen LogP contribution in [0.3, 0.4) is 0 Å². The minimum Gasteiger partial charge on any atom is -0.370 e. The Morgan fingerprint density at radius 1 is 1.40 bits per heavy atom. The van der Waals surface area contributed by atoms with Crippen molar-refractivity contribution in [2.75, 3.05) is 7.11 Å². The summed E-state index contributed by atoms with van der Waals surface area (Å²) < 4.78 is 11.0. The van der Waals surface area contributed by atoms with E-state index >= 15 is 0 Å². The second-order valence-corrected chi connectivity index (χ2v) is 5.10. The van der Waals surface area contributed by atoms with Crippen LogP contribution in [0.2, 0.25) is 0 Å². The molecule has 1 aliphatic rings. The molecule has 1 fully saturated rings. The summed E-state index contributed by atoms with van der Waals surface area (Å²) in [5.41, 5.74) is 0.770. The van der Waals surface area contributed by atoms with E-state index in [1.54, 1.807) is 19.4 Å². The summed E-state index contributed by atoms with van der Waals surface area (Å²) in [6.45, 7) is 0. The number of nitriles is 1. The largest absolute Gasteiger partial charge is 0.370 e. The third-order valence-corrected chi connectivity index (χ3v) is 3.93. The van der Waals surface area contributed by atoms with Crippen molar-refractivity contribution in [2.24, 2.45) is 0 Å². The van der Waals surface area contributed by atoms with Crippen LogP contribution in [0.5, 0.6) is 0 Å². The number of H-pyrrole nitrogens is 1. The molecule has 6 nitrogen and oxygen atoms in total. The number of aromatic amines is 1. The number of nitrogens with zero attached hydrogens (tertiary/aromatic N) is 3. The lowest BCUT2D eigenvalue weighted by Gasteiger charge is -2.32. The molecule has 0 saturated heterocycles. The van der Waals surface area contributed by atoms with Crippen LogP contribution in [-0.4, -0.2) is 22.2 Å². The molecule has 104 valence electrons. The fourth-order valence-corrected chi connectivity index (χ4v) is 2.74. The molecule has 0 amide bonds. The average Bonchev–Trinajstić information content (AvgIpc) is 3.16. The van der Waals surface area contributed by atoms with Gasteiger partial charge in [-0.15, -0.1) is 0 Å². The van der Waals surface area contributed by atoms with Crippen LogP contribution in [0, 0.1) is 11.3 Å². The summed E-state index contributed by atoms with van der Waals surface area (Å²) in [5.74, 6) is 0.992. The molecule has 1 saturated carbocycles. The quantitative estimate of drug-likeness (QED) is 0.928. The smallest absolute Gasteiger partial charge is 0.274 e. The van der Waals surface area contributed by atoms with E-state index in [1.165, 1.54) is 6.42 Å². The maximum Gasteiger partial charge on any atom is 0.274 e. The fourth-order valence-electron chi connectivity index (χ4n) is 2.74. The van der Waals surface area contributed by atoms with E-state index in [0.717, 1.165) is 25.7 Å². The molecule has 0 atom stereocenters. The molecule has 0 aromatic carbocycles. The van der Waals surface area contributed by atoms with Crippen LogP contribution in [-0.2, 0) is 10.3 Å². The van der Waals surface area contributed by atoms with E-state index in [2.05, 4.69) is 21.2 Å². The van der Waals surface area contributed by atoms with Gasteiger partial charge in [0.15, 0.2) is 0 Å². The molecule has 20 heavy (non-hydrogen) atoms. The SMILES string of the molecule is COC1(c2noc(-c3cc(C#N)c[nH]3)n2)CCCCC1. The highest BCUT2D eigenvalue weighted by Crippen LogP contribution is 2.39. The first-order valence-electron chi connectivity index (χ1n) is 6.76. The Morgan fingerprint density at radius 2 is 2.20 bits per heavy atom. The van der Waals surface area contributed by atoms with Crippen molar-refractivity contribution in [3.8, 4) is 17.7 Å². The molecule has 0 unspecified atom stereocenters. The number of aromatic nitrogens is 3. The molecular weight excluding hydrogens is 256 g/mol. The van der Waals surface area contributed by atoms with E-state index in [1.807, 2.05) is 0 Å². The third-order valence-electron chi connectivity index (χ3n) is 3.93. The van der Waals surface area contributed by atoms with Crippen LogP contribution in [0.4, 0.5) is 0 Å². The number of hydrogen-bond donors (Lipinski definition) is 1.